The molecule has 3 heterocycles. The van der Waals surface area contributed by atoms with Crippen molar-refractivity contribution in [2.24, 2.45) is 0 Å². The number of ether oxygens (including phenoxy) is 1. The molecule has 1 unspecified atom stereocenters. The maximum absolute atomic E-state index is 13.2. The third kappa shape index (κ3) is 4.08. The quantitative estimate of drug-likeness (QED) is 0.415. The molecule has 4 aromatic rings. The van der Waals surface area contributed by atoms with Crippen LogP contribution in [0.1, 0.15) is 16.4 Å². The maximum atomic E-state index is 13.2. The van der Waals surface area contributed by atoms with Gasteiger partial charge in [-0.3, -0.25) is 14.5 Å². The number of aromatic nitrogens is 2. The summed E-state index contributed by atoms with van der Waals surface area (Å²) < 4.78 is 6.98. The number of carboxylic acids is 1. The molecule has 1 atom stereocenters. The number of rotatable bonds is 6. The van der Waals surface area contributed by atoms with E-state index in [-0.39, 0.29) is 16.9 Å². The molecular formula is C25H21N3O4S2. The molecule has 0 spiro atoms. The molecule has 1 aliphatic rings. The Labute approximate surface area is 204 Å². The van der Waals surface area contributed by atoms with E-state index in [1.807, 2.05) is 66.0 Å². The Morgan fingerprint density at radius 2 is 1.91 bits per heavy atom. The number of amides is 1. The lowest BCUT2D eigenvalue weighted by Crippen LogP contribution is -2.38. The van der Waals surface area contributed by atoms with E-state index < -0.39 is 12.5 Å². The molecule has 34 heavy (non-hydrogen) atoms. The Bertz CT molecular complexity index is 1320. The summed E-state index contributed by atoms with van der Waals surface area (Å²) in [6.45, 7) is -0.446. The van der Waals surface area contributed by atoms with Crippen molar-refractivity contribution in [2.75, 3.05) is 24.3 Å². The number of carbonyl (C=O) groups excluding carboxylic acids is 1. The van der Waals surface area contributed by atoms with Gasteiger partial charge in [0.15, 0.2) is 0 Å². The van der Waals surface area contributed by atoms with Crippen LogP contribution in [0.5, 0.6) is 5.75 Å². The van der Waals surface area contributed by atoms with Gasteiger partial charge in [0.05, 0.1) is 29.5 Å². The van der Waals surface area contributed by atoms with Crippen LogP contribution in [0.2, 0.25) is 0 Å². The van der Waals surface area contributed by atoms with Crippen LogP contribution in [0.25, 0.3) is 16.9 Å². The van der Waals surface area contributed by atoms with Crippen molar-refractivity contribution in [3.8, 4) is 22.7 Å². The number of methoxy groups -OCH3 is 1. The summed E-state index contributed by atoms with van der Waals surface area (Å²) in [6.07, 6.45) is 0. The van der Waals surface area contributed by atoms with Gasteiger partial charge in [0.25, 0.3) is 0 Å². The van der Waals surface area contributed by atoms with Crippen molar-refractivity contribution in [1.29, 1.82) is 0 Å². The number of thiophene rings is 1. The van der Waals surface area contributed by atoms with Crippen molar-refractivity contribution >= 4 is 40.8 Å². The van der Waals surface area contributed by atoms with Gasteiger partial charge in [-0.05, 0) is 46.7 Å². The Kier molecular flexibility index (Phi) is 6.12. The molecule has 0 saturated carbocycles. The van der Waals surface area contributed by atoms with Crippen LogP contribution in [-0.2, 0) is 9.59 Å². The van der Waals surface area contributed by atoms with Crippen LogP contribution < -0.4 is 9.64 Å². The zero-order valence-electron chi connectivity index (χ0n) is 18.2. The number of benzene rings is 2. The second kappa shape index (κ2) is 9.36. The molecule has 5 rings (SSSR count). The van der Waals surface area contributed by atoms with E-state index in [4.69, 9.17) is 9.84 Å². The lowest BCUT2D eigenvalue weighted by Gasteiger charge is -2.21. The summed E-state index contributed by atoms with van der Waals surface area (Å²) >= 11 is 3.08. The number of fused-ring (bicyclic) bond motifs is 1. The number of thioether (sulfide) groups is 1. The van der Waals surface area contributed by atoms with E-state index >= 15 is 0 Å². The number of hydrogen-bond acceptors (Lipinski definition) is 6. The van der Waals surface area contributed by atoms with Gasteiger partial charge in [0, 0.05) is 11.1 Å². The molecule has 1 aliphatic heterocycles. The highest BCUT2D eigenvalue weighted by atomic mass is 32.2. The fraction of sp³-hybridized carbons (Fsp3) is 0.160. The van der Waals surface area contributed by atoms with Crippen molar-refractivity contribution in [2.45, 2.75) is 5.25 Å². The Balaban J connectivity index is 1.82. The summed E-state index contributed by atoms with van der Waals surface area (Å²) in [5, 5.41) is 18.5. The number of anilines is 1. The third-order valence-electron chi connectivity index (χ3n) is 5.59. The Morgan fingerprint density at radius 1 is 1.15 bits per heavy atom. The summed E-state index contributed by atoms with van der Waals surface area (Å²) in [5.74, 6) is -0.00461. The van der Waals surface area contributed by atoms with Gasteiger partial charge in [-0.2, -0.15) is 16.4 Å². The van der Waals surface area contributed by atoms with E-state index in [0.717, 1.165) is 22.4 Å². The van der Waals surface area contributed by atoms with Gasteiger partial charge in [-0.25, -0.2) is 4.68 Å². The van der Waals surface area contributed by atoms with Crippen molar-refractivity contribution in [1.82, 2.24) is 9.78 Å². The average molecular weight is 492 g/mol. The number of carboxylic acid groups (broad SMARTS) is 1. The molecule has 1 N–H and O–H groups in total. The van der Waals surface area contributed by atoms with E-state index in [1.165, 1.54) is 16.7 Å². The Morgan fingerprint density at radius 3 is 2.56 bits per heavy atom. The largest absolute Gasteiger partial charge is 0.497 e. The number of nitrogens with zero attached hydrogens (tertiary/aromatic N) is 3. The topological polar surface area (TPSA) is 84.7 Å². The minimum atomic E-state index is -1.08. The molecule has 0 saturated heterocycles. The number of aliphatic carboxylic acids is 1. The van der Waals surface area contributed by atoms with Crippen LogP contribution in [0, 0.1) is 0 Å². The van der Waals surface area contributed by atoms with E-state index in [1.54, 1.807) is 23.1 Å². The highest BCUT2D eigenvalue weighted by Gasteiger charge is 2.37. The average Bonchev–Trinajstić information content (AvgIpc) is 3.50. The van der Waals surface area contributed by atoms with Crippen molar-refractivity contribution in [3.05, 3.63) is 82.6 Å². The highest BCUT2D eigenvalue weighted by Crippen LogP contribution is 2.48. The molecule has 0 aliphatic carbocycles. The van der Waals surface area contributed by atoms with E-state index in [0.29, 0.717) is 17.3 Å². The smallest absolute Gasteiger partial charge is 0.323 e. The lowest BCUT2D eigenvalue weighted by molar-refractivity contribution is -0.136. The van der Waals surface area contributed by atoms with E-state index in [2.05, 4.69) is 5.38 Å². The summed E-state index contributed by atoms with van der Waals surface area (Å²) in [4.78, 5) is 26.4. The first kappa shape index (κ1) is 22.2. The zero-order chi connectivity index (χ0) is 23.7. The molecule has 0 bridgehead atoms. The summed E-state index contributed by atoms with van der Waals surface area (Å²) in [6, 6.07) is 19.2. The van der Waals surface area contributed by atoms with Crippen LogP contribution >= 0.6 is 23.1 Å². The highest BCUT2D eigenvalue weighted by molar-refractivity contribution is 8.00. The van der Waals surface area contributed by atoms with Crippen LogP contribution in [0.4, 0.5) is 5.82 Å². The molecule has 1 amide bonds. The van der Waals surface area contributed by atoms with Crippen LogP contribution in [0.3, 0.4) is 0 Å². The predicted molar refractivity (Wildman–Crippen MR) is 134 cm³/mol. The summed E-state index contributed by atoms with van der Waals surface area (Å²) in [5.41, 5.74) is 4.22. The van der Waals surface area contributed by atoms with Gasteiger partial charge in [0.1, 0.15) is 18.1 Å². The first-order valence-electron chi connectivity index (χ1n) is 10.6. The molecule has 2 aromatic carbocycles. The van der Waals surface area contributed by atoms with Gasteiger partial charge in [-0.15, -0.1) is 11.8 Å². The van der Waals surface area contributed by atoms with Crippen LogP contribution in [-0.4, -0.2) is 46.2 Å². The zero-order valence-corrected chi connectivity index (χ0v) is 19.9. The molecule has 2 aromatic heterocycles. The predicted octanol–water partition coefficient (Wildman–Crippen LogP) is 4.86. The minimum absolute atomic E-state index is 0.166. The standard InChI is InChI=1S/C25H21N3O4S2/c1-32-19-9-7-18(8-10-19)28-25-22(23(26-28)16-5-3-2-4-6-16)24(17-11-12-33-14-17)34-15-20(29)27(25)13-21(30)31/h2-12,14,24H,13,15H2,1H3,(H,30,31). The molecule has 9 heteroatoms. The first-order valence-corrected chi connectivity index (χ1v) is 12.5. The van der Waals surface area contributed by atoms with Crippen molar-refractivity contribution in [3.63, 3.8) is 0 Å². The van der Waals surface area contributed by atoms with Gasteiger partial charge < -0.3 is 9.84 Å². The fourth-order valence-electron chi connectivity index (χ4n) is 4.05. The van der Waals surface area contributed by atoms with Crippen molar-refractivity contribution < 1.29 is 19.4 Å². The lowest BCUT2D eigenvalue weighted by atomic mass is 10.0. The van der Waals surface area contributed by atoms with Gasteiger partial charge in [-0.1, -0.05) is 30.3 Å². The minimum Gasteiger partial charge on any atom is -0.497 e. The maximum Gasteiger partial charge on any atom is 0.323 e. The van der Waals surface area contributed by atoms with Gasteiger partial charge >= 0.3 is 5.97 Å². The molecule has 0 fully saturated rings. The second-order valence-electron chi connectivity index (χ2n) is 7.68. The molecule has 7 nitrogen and oxygen atoms in total. The third-order valence-corrected chi connectivity index (χ3v) is 7.55. The van der Waals surface area contributed by atoms with E-state index in [9.17, 15) is 14.7 Å². The summed E-state index contributed by atoms with van der Waals surface area (Å²) in [7, 11) is 1.60. The monoisotopic (exact) mass is 491 g/mol. The number of hydrogen-bond donors (Lipinski definition) is 1. The van der Waals surface area contributed by atoms with Gasteiger partial charge in [0.2, 0.25) is 5.91 Å². The molecule has 0 radical (unpaired) electrons. The molecular weight excluding hydrogens is 470 g/mol. The normalized spacial score (nSPS) is 15.6. The number of carbonyl (C=O) groups is 2. The first-order chi connectivity index (χ1) is 16.6. The fourth-order valence-corrected chi connectivity index (χ4v) is 6.01. The second-order valence-corrected chi connectivity index (χ2v) is 9.56. The Hall–Kier alpha value is -3.56. The SMILES string of the molecule is COc1ccc(-n2nc(-c3ccccc3)c3c2N(CC(=O)O)C(=O)CSC3c2ccsc2)cc1. The van der Waals surface area contributed by atoms with Crippen LogP contribution in [0.15, 0.2) is 71.4 Å². The molecule has 172 valence electrons.